The third-order valence-corrected chi connectivity index (χ3v) is 3.90. The quantitative estimate of drug-likeness (QED) is 0.627. The lowest BCUT2D eigenvalue weighted by molar-refractivity contribution is -0.126. The van der Waals surface area contributed by atoms with Gasteiger partial charge in [-0.05, 0) is 11.1 Å². The van der Waals surface area contributed by atoms with Crippen LogP contribution < -0.4 is 0 Å². The number of hydrogen-bond acceptors (Lipinski definition) is 4. The summed E-state index contributed by atoms with van der Waals surface area (Å²) < 4.78 is 0. The highest BCUT2D eigenvalue weighted by Crippen LogP contribution is 2.15. The van der Waals surface area contributed by atoms with Crippen LogP contribution >= 0.6 is 0 Å². The number of rotatable bonds is 5. The Kier molecular flexibility index (Phi) is 5.16. The van der Waals surface area contributed by atoms with Crippen LogP contribution in [0.4, 0.5) is 0 Å². The predicted molar refractivity (Wildman–Crippen MR) is 93.4 cm³/mol. The Morgan fingerprint density at radius 1 is 0.708 bits per heavy atom. The molecule has 24 heavy (non-hydrogen) atoms. The van der Waals surface area contributed by atoms with E-state index in [4.69, 9.17) is 0 Å². The monoisotopic (exact) mass is 320 g/mol. The van der Waals surface area contributed by atoms with E-state index in [1.165, 1.54) is 0 Å². The predicted octanol–water partition coefficient (Wildman–Crippen LogP) is 3.37. The molecule has 3 rings (SSSR count). The Morgan fingerprint density at radius 2 is 1.17 bits per heavy atom. The zero-order valence-corrected chi connectivity index (χ0v) is 13.5. The summed E-state index contributed by atoms with van der Waals surface area (Å²) in [5.74, 6) is -0.0752. The van der Waals surface area contributed by atoms with E-state index < -0.39 is 0 Å². The molecule has 0 atom stereocenters. The third-order valence-electron chi connectivity index (χ3n) is 3.90. The number of ketones is 2. The van der Waals surface area contributed by atoms with Gasteiger partial charge in [0.2, 0.25) is 0 Å². The average Bonchev–Trinajstić information content (AvgIpc) is 2.55. The lowest BCUT2D eigenvalue weighted by Crippen LogP contribution is -2.26. The summed E-state index contributed by atoms with van der Waals surface area (Å²) in [6.07, 6.45) is 0.619. The van der Waals surface area contributed by atoms with E-state index in [-0.39, 0.29) is 30.8 Å². The Bertz CT molecular complexity index is 679. The van der Waals surface area contributed by atoms with E-state index in [0.717, 1.165) is 11.1 Å². The number of hydrazone groups is 1. The second-order valence-corrected chi connectivity index (χ2v) is 6.07. The van der Waals surface area contributed by atoms with Crippen molar-refractivity contribution in [1.29, 1.82) is 0 Å². The van der Waals surface area contributed by atoms with E-state index in [9.17, 15) is 9.59 Å². The molecule has 0 N–H and O–H groups in total. The highest BCUT2D eigenvalue weighted by Gasteiger charge is 2.22. The number of hydrogen-bond donors (Lipinski definition) is 0. The SMILES string of the molecule is O=C1CC(=O)CC(=NN(Cc2ccccc2)Cc2ccccc2)C1. The van der Waals surface area contributed by atoms with E-state index in [1.54, 1.807) is 0 Å². The van der Waals surface area contributed by atoms with Crippen LogP contribution in [0.2, 0.25) is 0 Å². The van der Waals surface area contributed by atoms with Gasteiger partial charge in [0.15, 0.2) is 0 Å². The summed E-state index contributed by atoms with van der Waals surface area (Å²) in [5, 5.41) is 6.57. The van der Waals surface area contributed by atoms with Gasteiger partial charge in [0, 0.05) is 12.8 Å². The first-order valence-electron chi connectivity index (χ1n) is 8.11. The van der Waals surface area contributed by atoms with Crippen molar-refractivity contribution in [3.8, 4) is 0 Å². The number of benzene rings is 2. The molecule has 0 heterocycles. The third kappa shape index (κ3) is 4.62. The fourth-order valence-corrected chi connectivity index (χ4v) is 2.85. The maximum Gasteiger partial charge on any atom is 0.145 e. The molecule has 0 radical (unpaired) electrons. The minimum atomic E-state index is -0.0376. The molecule has 122 valence electrons. The molecule has 0 spiro atoms. The molecule has 4 nitrogen and oxygen atoms in total. The molecule has 2 aromatic rings. The van der Waals surface area contributed by atoms with Crippen LogP contribution in [0.1, 0.15) is 30.4 Å². The van der Waals surface area contributed by atoms with Crippen molar-refractivity contribution >= 4 is 17.3 Å². The van der Waals surface area contributed by atoms with Gasteiger partial charge < -0.3 is 0 Å². The Labute approximate surface area is 141 Å². The van der Waals surface area contributed by atoms with Gasteiger partial charge in [-0.1, -0.05) is 60.7 Å². The summed E-state index contributed by atoms with van der Waals surface area (Å²) in [6, 6.07) is 20.2. The number of carbonyl (C=O) groups excluding carboxylic acids is 2. The Morgan fingerprint density at radius 3 is 1.62 bits per heavy atom. The molecule has 0 bridgehead atoms. The van der Waals surface area contributed by atoms with Crippen molar-refractivity contribution < 1.29 is 9.59 Å². The smallest absolute Gasteiger partial charge is 0.145 e. The number of Topliss-reactive ketones (excluding diaryl/α,β-unsaturated/α-hetero) is 2. The highest BCUT2D eigenvalue weighted by molar-refractivity contribution is 6.20. The van der Waals surface area contributed by atoms with Crippen molar-refractivity contribution in [2.45, 2.75) is 32.4 Å². The van der Waals surface area contributed by atoms with Gasteiger partial charge in [-0.3, -0.25) is 14.6 Å². The van der Waals surface area contributed by atoms with Crippen LogP contribution in [0.5, 0.6) is 0 Å². The average molecular weight is 320 g/mol. The summed E-state index contributed by atoms with van der Waals surface area (Å²) in [7, 11) is 0. The van der Waals surface area contributed by atoms with Gasteiger partial charge in [-0.25, -0.2) is 0 Å². The second kappa shape index (κ2) is 7.68. The van der Waals surface area contributed by atoms with Crippen LogP contribution in [-0.2, 0) is 22.7 Å². The van der Waals surface area contributed by atoms with E-state index >= 15 is 0 Å². The van der Waals surface area contributed by atoms with Gasteiger partial charge in [0.25, 0.3) is 0 Å². The molecule has 1 aliphatic carbocycles. The van der Waals surface area contributed by atoms with Crippen molar-refractivity contribution in [3.63, 3.8) is 0 Å². The Hall–Kier alpha value is -2.75. The molecule has 1 saturated carbocycles. The molecule has 0 saturated heterocycles. The molecule has 0 aromatic heterocycles. The number of nitrogens with zero attached hydrogens (tertiary/aromatic N) is 2. The summed E-state index contributed by atoms with van der Waals surface area (Å²) in [4.78, 5) is 23.3. The normalized spacial score (nSPS) is 14.6. The first kappa shape index (κ1) is 16.1. The first-order chi connectivity index (χ1) is 11.7. The van der Waals surface area contributed by atoms with Crippen LogP contribution in [0.15, 0.2) is 65.8 Å². The molecule has 2 aromatic carbocycles. The van der Waals surface area contributed by atoms with Gasteiger partial charge in [-0.2, -0.15) is 5.10 Å². The Balaban J connectivity index is 1.81. The summed E-state index contributed by atoms with van der Waals surface area (Å²) in [6.45, 7) is 1.28. The largest absolute Gasteiger partial charge is 0.299 e. The fourth-order valence-electron chi connectivity index (χ4n) is 2.85. The van der Waals surface area contributed by atoms with Gasteiger partial charge in [0.05, 0.1) is 25.2 Å². The second-order valence-electron chi connectivity index (χ2n) is 6.07. The van der Waals surface area contributed by atoms with Crippen LogP contribution in [0.3, 0.4) is 0 Å². The maximum atomic E-state index is 11.7. The molecule has 4 heteroatoms. The van der Waals surface area contributed by atoms with Crippen molar-refractivity contribution in [3.05, 3.63) is 71.8 Å². The first-order valence-corrected chi connectivity index (χ1v) is 8.11. The van der Waals surface area contributed by atoms with E-state index in [0.29, 0.717) is 18.8 Å². The summed E-state index contributed by atoms with van der Waals surface area (Å²) in [5.41, 5.74) is 2.96. The number of carbonyl (C=O) groups is 2. The lowest BCUT2D eigenvalue weighted by Gasteiger charge is -2.22. The molecular weight excluding hydrogens is 300 g/mol. The molecule has 0 aliphatic heterocycles. The summed E-state index contributed by atoms with van der Waals surface area (Å²) >= 11 is 0. The van der Waals surface area contributed by atoms with Crippen LogP contribution in [0.25, 0.3) is 0 Å². The fraction of sp³-hybridized carbons (Fsp3) is 0.250. The van der Waals surface area contributed by atoms with E-state index in [2.05, 4.69) is 29.4 Å². The standard InChI is InChI=1S/C20H20N2O2/c23-19-11-18(12-20(24)13-19)21-22(14-16-7-3-1-4-8-16)15-17-9-5-2-6-10-17/h1-10H,11-15H2. The molecule has 0 unspecified atom stereocenters. The van der Waals surface area contributed by atoms with Gasteiger partial charge >= 0.3 is 0 Å². The zero-order chi connectivity index (χ0) is 16.8. The topological polar surface area (TPSA) is 49.7 Å². The highest BCUT2D eigenvalue weighted by atomic mass is 16.1. The minimum absolute atomic E-state index is 0.0376. The van der Waals surface area contributed by atoms with E-state index in [1.807, 2.05) is 41.4 Å². The molecule has 1 fully saturated rings. The van der Waals surface area contributed by atoms with Crippen LogP contribution in [-0.4, -0.2) is 22.3 Å². The van der Waals surface area contributed by atoms with Gasteiger partial charge in [0.1, 0.15) is 11.6 Å². The molecule has 1 aliphatic rings. The van der Waals surface area contributed by atoms with Crippen LogP contribution in [0, 0.1) is 0 Å². The van der Waals surface area contributed by atoms with Crippen molar-refractivity contribution in [2.24, 2.45) is 5.10 Å². The van der Waals surface area contributed by atoms with Gasteiger partial charge in [-0.15, -0.1) is 0 Å². The molecule has 0 amide bonds. The zero-order valence-electron chi connectivity index (χ0n) is 13.5. The van der Waals surface area contributed by atoms with Crippen molar-refractivity contribution in [2.75, 3.05) is 0 Å². The van der Waals surface area contributed by atoms with Crippen molar-refractivity contribution in [1.82, 2.24) is 5.01 Å². The maximum absolute atomic E-state index is 11.7. The lowest BCUT2D eigenvalue weighted by atomic mass is 9.96. The molecular formula is C20H20N2O2. The minimum Gasteiger partial charge on any atom is -0.299 e.